The third kappa shape index (κ3) is 5.85. The molecular formula is C17H29ClN2O2. The summed E-state index contributed by atoms with van der Waals surface area (Å²) in [7, 11) is 0. The number of nitrogens with one attached hydrogen (secondary N) is 1. The predicted octanol–water partition coefficient (Wildman–Crippen LogP) is 3.24. The van der Waals surface area contributed by atoms with E-state index in [-0.39, 0.29) is 30.5 Å². The molecule has 4 nitrogen and oxygen atoms in total. The van der Waals surface area contributed by atoms with E-state index in [1.54, 1.807) is 0 Å². The fourth-order valence-electron chi connectivity index (χ4n) is 2.20. The highest BCUT2D eigenvalue weighted by Crippen LogP contribution is 2.18. The maximum absolute atomic E-state index is 12.0. The highest BCUT2D eigenvalue weighted by atomic mass is 35.5. The van der Waals surface area contributed by atoms with Gasteiger partial charge in [0, 0.05) is 6.54 Å². The van der Waals surface area contributed by atoms with Crippen molar-refractivity contribution in [2.45, 2.75) is 52.0 Å². The van der Waals surface area contributed by atoms with Crippen molar-refractivity contribution in [1.29, 1.82) is 0 Å². The molecule has 126 valence electrons. The first-order valence-electron chi connectivity index (χ1n) is 7.70. The summed E-state index contributed by atoms with van der Waals surface area (Å²) in [6.45, 7) is 8.80. The Bertz CT molecular complexity index is 434. The van der Waals surface area contributed by atoms with Gasteiger partial charge in [0.2, 0.25) is 0 Å². The molecule has 0 saturated carbocycles. The SMILES string of the molecule is CCC(CC)(CN)NC(=O)COc1ccc(C(C)C)cc1.Cl. The third-order valence-corrected chi connectivity index (χ3v) is 4.07. The lowest BCUT2D eigenvalue weighted by atomic mass is 9.93. The Morgan fingerprint density at radius 2 is 1.77 bits per heavy atom. The van der Waals surface area contributed by atoms with Crippen LogP contribution < -0.4 is 15.8 Å². The van der Waals surface area contributed by atoms with Gasteiger partial charge in [0.25, 0.3) is 5.91 Å². The van der Waals surface area contributed by atoms with Crippen molar-refractivity contribution < 1.29 is 9.53 Å². The van der Waals surface area contributed by atoms with Crippen molar-refractivity contribution >= 4 is 18.3 Å². The molecule has 1 amide bonds. The zero-order valence-electron chi connectivity index (χ0n) is 14.0. The average molecular weight is 329 g/mol. The minimum Gasteiger partial charge on any atom is -0.484 e. The molecule has 0 atom stereocenters. The van der Waals surface area contributed by atoms with E-state index in [4.69, 9.17) is 10.5 Å². The van der Waals surface area contributed by atoms with Crippen molar-refractivity contribution in [1.82, 2.24) is 5.32 Å². The van der Waals surface area contributed by atoms with Gasteiger partial charge in [0.15, 0.2) is 6.61 Å². The first-order valence-corrected chi connectivity index (χ1v) is 7.70. The highest BCUT2D eigenvalue weighted by molar-refractivity contribution is 5.85. The number of carbonyl (C=O) groups is 1. The normalized spacial score (nSPS) is 11.0. The number of carbonyl (C=O) groups excluding carboxylic acids is 1. The molecule has 5 heteroatoms. The van der Waals surface area contributed by atoms with Gasteiger partial charge in [-0.3, -0.25) is 4.79 Å². The predicted molar refractivity (Wildman–Crippen MR) is 93.8 cm³/mol. The van der Waals surface area contributed by atoms with Crippen molar-refractivity contribution in [3.8, 4) is 5.75 Å². The summed E-state index contributed by atoms with van der Waals surface area (Å²) in [6, 6.07) is 7.86. The molecule has 0 aliphatic carbocycles. The molecule has 0 unspecified atom stereocenters. The summed E-state index contributed by atoms with van der Waals surface area (Å²) in [5.74, 6) is 1.07. The standard InChI is InChI=1S/C17H28N2O2.ClH/c1-5-17(6-2,12-18)19-16(20)11-21-15-9-7-14(8-10-15)13(3)4;/h7-10,13H,5-6,11-12,18H2,1-4H3,(H,19,20);1H. The average Bonchev–Trinajstić information content (AvgIpc) is 2.51. The quantitative estimate of drug-likeness (QED) is 0.770. The van der Waals surface area contributed by atoms with Crippen LogP contribution in [0.4, 0.5) is 0 Å². The van der Waals surface area contributed by atoms with Crippen LogP contribution in [0.25, 0.3) is 0 Å². The second kappa shape index (κ2) is 9.70. The molecule has 1 aromatic rings. The Morgan fingerprint density at radius 1 is 1.23 bits per heavy atom. The van der Waals surface area contributed by atoms with Crippen LogP contribution in [0, 0.1) is 0 Å². The van der Waals surface area contributed by atoms with Gasteiger partial charge in [-0.1, -0.05) is 39.8 Å². The van der Waals surface area contributed by atoms with Crippen LogP contribution in [0.1, 0.15) is 52.0 Å². The van der Waals surface area contributed by atoms with Crippen LogP contribution in [0.15, 0.2) is 24.3 Å². The topological polar surface area (TPSA) is 64.3 Å². The number of amides is 1. The Balaban J connectivity index is 0.00000441. The van der Waals surface area contributed by atoms with E-state index >= 15 is 0 Å². The van der Waals surface area contributed by atoms with Crippen molar-refractivity contribution in [3.63, 3.8) is 0 Å². The van der Waals surface area contributed by atoms with E-state index in [0.29, 0.717) is 18.2 Å². The summed E-state index contributed by atoms with van der Waals surface area (Å²) < 4.78 is 5.53. The number of hydrogen-bond acceptors (Lipinski definition) is 3. The third-order valence-electron chi connectivity index (χ3n) is 4.07. The van der Waals surface area contributed by atoms with Crippen LogP contribution in [0.3, 0.4) is 0 Å². The van der Waals surface area contributed by atoms with E-state index in [1.165, 1.54) is 5.56 Å². The van der Waals surface area contributed by atoms with Crippen LogP contribution in [-0.2, 0) is 4.79 Å². The van der Waals surface area contributed by atoms with Crippen molar-refractivity contribution in [2.24, 2.45) is 5.73 Å². The van der Waals surface area contributed by atoms with E-state index in [0.717, 1.165) is 12.8 Å². The molecule has 0 heterocycles. The molecule has 0 bridgehead atoms. The summed E-state index contributed by atoms with van der Waals surface area (Å²) in [5, 5.41) is 2.99. The van der Waals surface area contributed by atoms with Gasteiger partial charge in [-0.15, -0.1) is 12.4 Å². The van der Waals surface area contributed by atoms with Gasteiger partial charge in [-0.2, -0.15) is 0 Å². The molecule has 22 heavy (non-hydrogen) atoms. The highest BCUT2D eigenvalue weighted by Gasteiger charge is 2.26. The maximum atomic E-state index is 12.0. The number of ether oxygens (including phenoxy) is 1. The number of nitrogens with two attached hydrogens (primary N) is 1. The van der Waals surface area contributed by atoms with Crippen molar-refractivity contribution in [3.05, 3.63) is 29.8 Å². The Hall–Kier alpha value is -1.26. The molecule has 0 aliphatic heterocycles. The lowest BCUT2D eigenvalue weighted by molar-refractivity contribution is -0.125. The first kappa shape index (κ1) is 20.7. The largest absolute Gasteiger partial charge is 0.484 e. The van der Waals surface area contributed by atoms with Gasteiger partial charge in [-0.05, 0) is 36.5 Å². The van der Waals surface area contributed by atoms with E-state index in [2.05, 4.69) is 19.2 Å². The molecule has 0 saturated heterocycles. The Labute approximate surface area is 140 Å². The summed E-state index contributed by atoms with van der Waals surface area (Å²) in [6.07, 6.45) is 1.63. The molecule has 0 spiro atoms. The van der Waals surface area contributed by atoms with Crippen molar-refractivity contribution in [2.75, 3.05) is 13.2 Å². The van der Waals surface area contributed by atoms with Gasteiger partial charge in [0.1, 0.15) is 5.75 Å². The number of rotatable bonds is 8. The van der Waals surface area contributed by atoms with E-state index < -0.39 is 0 Å². The summed E-state index contributed by atoms with van der Waals surface area (Å²) >= 11 is 0. The number of halogens is 1. The van der Waals surface area contributed by atoms with Gasteiger partial charge in [-0.25, -0.2) is 0 Å². The molecule has 0 radical (unpaired) electrons. The Morgan fingerprint density at radius 3 is 2.18 bits per heavy atom. The lowest BCUT2D eigenvalue weighted by Gasteiger charge is -2.31. The van der Waals surface area contributed by atoms with Crippen LogP contribution in [0.2, 0.25) is 0 Å². The van der Waals surface area contributed by atoms with Crippen LogP contribution in [-0.4, -0.2) is 24.6 Å². The minimum absolute atomic E-state index is 0. The first-order chi connectivity index (χ1) is 9.96. The van der Waals surface area contributed by atoms with E-state index in [9.17, 15) is 4.79 Å². The van der Waals surface area contributed by atoms with Gasteiger partial charge < -0.3 is 15.8 Å². The zero-order valence-corrected chi connectivity index (χ0v) is 14.8. The zero-order chi connectivity index (χ0) is 15.9. The summed E-state index contributed by atoms with van der Waals surface area (Å²) in [5.41, 5.74) is 6.71. The fourth-order valence-corrected chi connectivity index (χ4v) is 2.20. The minimum atomic E-state index is -0.318. The summed E-state index contributed by atoms with van der Waals surface area (Å²) in [4.78, 5) is 12.0. The van der Waals surface area contributed by atoms with Gasteiger partial charge >= 0.3 is 0 Å². The van der Waals surface area contributed by atoms with Gasteiger partial charge in [0.05, 0.1) is 5.54 Å². The number of hydrogen-bond donors (Lipinski definition) is 2. The van der Waals surface area contributed by atoms with E-state index in [1.807, 2.05) is 38.1 Å². The monoisotopic (exact) mass is 328 g/mol. The maximum Gasteiger partial charge on any atom is 0.258 e. The Kier molecular flexibility index (Phi) is 9.14. The second-order valence-electron chi connectivity index (χ2n) is 5.75. The smallest absolute Gasteiger partial charge is 0.258 e. The molecule has 0 fully saturated rings. The molecule has 0 aliphatic rings. The molecule has 1 rings (SSSR count). The molecule has 3 N–H and O–H groups in total. The molecule has 0 aromatic heterocycles. The van der Waals surface area contributed by atoms with Crippen LogP contribution >= 0.6 is 12.4 Å². The molecule has 1 aromatic carbocycles. The second-order valence-corrected chi connectivity index (χ2v) is 5.75. The fraction of sp³-hybridized carbons (Fsp3) is 0.588. The molecular weight excluding hydrogens is 300 g/mol. The van der Waals surface area contributed by atoms with Crippen LogP contribution in [0.5, 0.6) is 5.75 Å². The lowest BCUT2D eigenvalue weighted by Crippen LogP contribution is -2.54. The number of benzene rings is 1.